The summed E-state index contributed by atoms with van der Waals surface area (Å²) < 4.78 is 12.9. The molecule has 4 aliphatic heterocycles. The quantitative estimate of drug-likeness (QED) is 0.343. The number of allylic oxidation sites excluding steroid dienone is 1. The highest BCUT2D eigenvalue weighted by Gasteiger charge is 2.74. The molecule has 4 aliphatic rings. The molecule has 0 radical (unpaired) electrons. The number of hydrogen-bond donors (Lipinski definition) is 1. The predicted octanol–water partition coefficient (Wildman–Crippen LogP) is 3.65. The molecule has 0 aromatic heterocycles. The van der Waals surface area contributed by atoms with Crippen LogP contribution >= 0.6 is 0 Å². The molecular weight excluding hydrogens is 586 g/mol. The van der Waals surface area contributed by atoms with Crippen LogP contribution in [0.4, 0.5) is 0 Å². The van der Waals surface area contributed by atoms with Crippen molar-refractivity contribution in [2.24, 2.45) is 17.8 Å². The molecule has 2 saturated heterocycles. The molecule has 0 saturated carbocycles. The summed E-state index contributed by atoms with van der Waals surface area (Å²) in [6.07, 6.45) is 8.91. The Balaban J connectivity index is 1.63. The fourth-order valence-corrected chi connectivity index (χ4v) is 7.57. The van der Waals surface area contributed by atoms with E-state index in [1.54, 1.807) is 29.0 Å². The van der Waals surface area contributed by atoms with Gasteiger partial charge in [-0.2, -0.15) is 0 Å². The third kappa shape index (κ3) is 5.90. The third-order valence-corrected chi connectivity index (χ3v) is 10.6. The molecule has 1 aromatic rings. The summed E-state index contributed by atoms with van der Waals surface area (Å²) in [6.45, 7) is 8.31. The first-order chi connectivity index (χ1) is 22.1. The summed E-state index contributed by atoms with van der Waals surface area (Å²) in [5.41, 5.74) is -0.641. The molecule has 46 heavy (non-hydrogen) atoms. The van der Waals surface area contributed by atoms with Gasteiger partial charge in [0.15, 0.2) is 0 Å². The number of aliphatic hydroxyl groups is 1. The number of carbonyl (C=O) groups excluding carboxylic acids is 4. The number of amides is 3. The number of fused-ring (bicyclic) bond motifs is 2. The largest absolute Gasteiger partial charge is 0.455 e. The lowest BCUT2D eigenvalue weighted by molar-refractivity contribution is -0.164. The first kappa shape index (κ1) is 33.9. The fraction of sp³-hybridized carbons (Fsp3) is 0.611. The number of unbranched alkanes of at least 4 members (excludes halogenated alkanes) is 1. The second kappa shape index (κ2) is 14.1. The lowest BCUT2D eigenvalue weighted by Crippen LogP contribution is -2.59. The summed E-state index contributed by atoms with van der Waals surface area (Å²) >= 11 is 0. The maximum Gasteiger partial charge on any atom is 0.313 e. The molecule has 10 heteroatoms. The Bertz CT molecular complexity index is 1350. The van der Waals surface area contributed by atoms with Crippen molar-refractivity contribution in [3.63, 3.8) is 0 Å². The van der Waals surface area contributed by atoms with E-state index in [0.717, 1.165) is 18.4 Å². The van der Waals surface area contributed by atoms with E-state index < -0.39 is 53.7 Å². The van der Waals surface area contributed by atoms with Crippen molar-refractivity contribution in [2.75, 3.05) is 26.7 Å². The van der Waals surface area contributed by atoms with Gasteiger partial charge in [0, 0.05) is 26.6 Å². The fourth-order valence-electron chi connectivity index (χ4n) is 7.57. The lowest BCUT2D eigenvalue weighted by atomic mass is 9.74. The van der Waals surface area contributed by atoms with Crippen LogP contribution < -0.4 is 0 Å². The highest BCUT2D eigenvalue weighted by molar-refractivity contribution is 5.99. The number of aliphatic hydroxyl groups excluding tert-OH is 1. The summed E-state index contributed by atoms with van der Waals surface area (Å²) in [6, 6.07) is 7.11. The number of hydrogen-bond acceptors (Lipinski definition) is 7. The Labute approximate surface area is 272 Å². The van der Waals surface area contributed by atoms with Crippen molar-refractivity contribution in [1.82, 2.24) is 14.7 Å². The molecule has 3 amide bonds. The Morgan fingerprint density at radius 1 is 1.07 bits per heavy atom. The molecule has 10 nitrogen and oxygen atoms in total. The van der Waals surface area contributed by atoms with Gasteiger partial charge in [-0.15, -0.1) is 0 Å². The SMILES string of the molecule is CCCCN1C/C=C\CCC(=O)N(C)[C@@H](C)[C@H](c2ccccc2)OC(=O)[C@@H]2[C@H]3C(=O)N([C@@H](CO)[C@@H](C)CC)[C@H](C1=O)[C@]31C=C[C@H]2O1. The highest BCUT2D eigenvalue weighted by Crippen LogP contribution is 2.56. The topological polar surface area (TPSA) is 117 Å². The van der Waals surface area contributed by atoms with Gasteiger partial charge in [-0.25, -0.2) is 0 Å². The number of cyclic esters (lactones) is 1. The first-order valence-corrected chi connectivity index (χ1v) is 16.9. The Morgan fingerprint density at radius 3 is 2.48 bits per heavy atom. The molecule has 2 fully saturated rings. The molecule has 250 valence electrons. The number of nitrogens with zero attached hydrogens (tertiary/aromatic N) is 3. The zero-order valence-corrected chi connectivity index (χ0v) is 27.7. The van der Waals surface area contributed by atoms with Crippen LogP contribution in [0.1, 0.15) is 71.5 Å². The molecular formula is C36H49N3O7. The standard InChI is InChI=1S/C36H49N3O7/c1-6-8-20-38-21-14-10-13-17-28(41)37(5)24(4)31(25-15-11-9-12-16-25)45-35(44)29-27-18-19-36(46-27)30(29)33(42)39(32(36)34(38)43)26(22-40)23(3)7-2/h9-12,14-16,18-19,23-24,26-27,29-32,40H,6-8,13,17,20-22H2,1-5H3/b14-10-/t23-,24-,26-,27+,29-,30-,31+,32+,36-/m0/s1. The number of likely N-dealkylation sites (tertiary alicyclic amines) is 1. The smallest absolute Gasteiger partial charge is 0.313 e. The van der Waals surface area contributed by atoms with Gasteiger partial charge in [0.2, 0.25) is 17.7 Å². The average molecular weight is 636 g/mol. The van der Waals surface area contributed by atoms with Crippen LogP contribution in [0.15, 0.2) is 54.6 Å². The van der Waals surface area contributed by atoms with Crippen LogP contribution in [0, 0.1) is 17.8 Å². The summed E-state index contributed by atoms with van der Waals surface area (Å²) in [5.74, 6) is -3.44. The van der Waals surface area contributed by atoms with Crippen LogP contribution in [0.2, 0.25) is 0 Å². The third-order valence-electron chi connectivity index (χ3n) is 10.6. The zero-order chi connectivity index (χ0) is 33.2. The van der Waals surface area contributed by atoms with E-state index in [9.17, 15) is 24.3 Å². The zero-order valence-electron chi connectivity index (χ0n) is 27.7. The summed E-state index contributed by atoms with van der Waals surface area (Å²) in [5, 5.41) is 10.6. The predicted molar refractivity (Wildman–Crippen MR) is 172 cm³/mol. The first-order valence-electron chi connectivity index (χ1n) is 16.9. The second-order valence-electron chi connectivity index (χ2n) is 13.2. The van der Waals surface area contributed by atoms with Crippen LogP contribution in [0.5, 0.6) is 0 Å². The van der Waals surface area contributed by atoms with E-state index in [1.165, 1.54) is 4.90 Å². The van der Waals surface area contributed by atoms with Gasteiger partial charge in [0.25, 0.3) is 0 Å². The number of rotatable bonds is 8. The molecule has 1 aromatic carbocycles. The molecule has 5 rings (SSSR count). The number of benzene rings is 1. The van der Waals surface area contributed by atoms with Crippen LogP contribution in [0.25, 0.3) is 0 Å². The van der Waals surface area contributed by atoms with Gasteiger partial charge >= 0.3 is 5.97 Å². The van der Waals surface area contributed by atoms with Crippen LogP contribution in [0.3, 0.4) is 0 Å². The van der Waals surface area contributed by atoms with Gasteiger partial charge in [-0.1, -0.05) is 88.2 Å². The monoisotopic (exact) mass is 635 g/mol. The van der Waals surface area contributed by atoms with E-state index in [2.05, 4.69) is 6.92 Å². The van der Waals surface area contributed by atoms with E-state index >= 15 is 0 Å². The Morgan fingerprint density at radius 2 is 1.80 bits per heavy atom. The number of likely N-dealkylation sites (N-methyl/N-ethyl adjacent to an activating group) is 1. The van der Waals surface area contributed by atoms with Crippen LogP contribution in [-0.4, -0.2) is 100 Å². The van der Waals surface area contributed by atoms with Gasteiger partial charge in [0.1, 0.15) is 23.7 Å². The lowest BCUT2D eigenvalue weighted by Gasteiger charge is -2.40. The van der Waals surface area contributed by atoms with E-state index in [-0.39, 0.29) is 36.7 Å². The van der Waals surface area contributed by atoms with Gasteiger partial charge in [-0.3, -0.25) is 19.2 Å². The van der Waals surface area contributed by atoms with Crippen molar-refractivity contribution in [3.8, 4) is 0 Å². The minimum Gasteiger partial charge on any atom is -0.455 e. The van der Waals surface area contributed by atoms with E-state index in [1.807, 2.05) is 63.3 Å². The molecule has 0 unspecified atom stereocenters. The maximum atomic E-state index is 14.7. The molecule has 9 atom stereocenters. The van der Waals surface area contributed by atoms with Crippen molar-refractivity contribution in [3.05, 3.63) is 60.2 Å². The second-order valence-corrected chi connectivity index (χ2v) is 13.2. The van der Waals surface area contributed by atoms with Gasteiger partial charge < -0.3 is 29.3 Å². The molecule has 1 spiro atoms. The van der Waals surface area contributed by atoms with Crippen molar-refractivity contribution in [2.45, 2.75) is 95.7 Å². The molecule has 4 heterocycles. The minimum atomic E-state index is -1.37. The van der Waals surface area contributed by atoms with Crippen molar-refractivity contribution in [1.29, 1.82) is 0 Å². The summed E-state index contributed by atoms with van der Waals surface area (Å²) in [4.78, 5) is 61.8. The maximum absolute atomic E-state index is 14.7. The van der Waals surface area contributed by atoms with Gasteiger partial charge in [-0.05, 0) is 31.2 Å². The normalized spacial score (nSPS) is 33.7. The van der Waals surface area contributed by atoms with E-state index in [4.69, 9.17) is 9.47 Å². The molecule has 5 bridgehead atoms. The minimum absolute atomic E-state index is 0.0903. The summed E-state index contributed by atoms with van der Waals surface area (Å²) in [7, 11) is 1.71. The average Bonchev–Trinajstić information content (AvgIpc) is 3.71. The Hall–Kier alpha value is -3.50. The number of esters is 1. The van der Waals surface area contributed by atoms with Crippen molar-refractivity contribution >= 4 is 23.7 Å². The number of ether oxygens (including phenoxy) is 2. The molecule has 0 aliphatic carbocycles. The van der Waals surface area contributed by atoms with E-state index in [0.29, 0.717) is 25.9 Å². The van der Waals surface area contributed by atoms with Crippen LogP contribution in [-0.2, 0) is 28.7 Å². The van der Waals surface area contributed by atoms with Gasteiger partial charge in [0.05, 0.1) is 30.7 Å². The number of carbonyl (C=O) groups is 4. The Kier molecular flexibility index (Phi) is 10.4. The molecule has 1 N–H and O–H groups in total. The van der Waals surface area contributed by atoms with Crippen molar-refractivity contribution < 1.29 is 33.8 Å². The highest BCUT2D eigenvalue weighted by atomic mass is 16.6.